The Hall–Kier alpha value is -0.660. The van der Waals surface area contributed by atoms with Gasteiger partial charge in [0.1, 0.15) is 0 Å². The predicted octanol–water partition coefficient (Wildman–Crippen LogP) is 1.58. The summed E-state index contributed by atoms with van der Waals surface area (Å²) in [6.45, 7) is 1.22. The van der Waals surface area contributed by atoms with Crippen molar-refractivity contribution in [1.29, 1.82) is 0 Å². The Morgan fingerprint density at radius 3 is 1.91 bits per heavy atom. The summed E-state index contributed by atoms with van der Waals surface area (Å²) in [6.07, 6.45) is 6.52. The maximum atomic E-state index is 9.44. The molecule has 2 atom stereocenters. The summed E-state index contributed by atoms with van der Waals surface area (Å²) in [5.41, 5.74) is 0. The van der Waals surface area contributed by atoms with Crippen molar-refractivity contribution in [3.63, 3.8) is 0 Å². The van der Waals surface area contributed by atoms with E-state index in [0.717, 1.165) is 0 Å². The standard InChI is InChI=1S/C6H10.C3H4O2/c1-2-5-4-6(5)3-1;1-3(5)2-4/h5-6H,1-4H2;2H,1H3. The molecule has 0 radical (unpaired) electrons. The van der Waals surface area contributed by atoms with Gasteiger partial charge < -0.3 is 0 Å². The van der Waals surface area contributed by atoms with Crippen molar-refractivity contribution in [2.24, 2.45) is 11.8 Å². The SMILES string of the molecule is C1CC2CC2C1.CC(=O)C=O. The van der Waals surface area contributed by atoms with Crippen LogP contribution in [0.2, 0.25) is 0 Å². The van der Waals surface area contributed by atoms with Crippen molar-refractivity contribution in [3.05, 3.63) is 0 Å². The lowest BCUT2D eigenvalue weighted by Crippen LogP contribution is -1.85. The van der Waals surface area contributed by atoms with Crippen LogP contribution in [0.4, 0.5) is 0 Å². The molecule has 2 nitrogen and oxygen atoms in total. The van der Waals surface area contributed by atoms with Crippen LogP contribution in [0.15, 0.2) is 0 Å². The van der Waals surface area contributed by atoms with Crippen LogP contribution in [0.5, 0.6) is 0 Å². The fourth-order valence-corrected chi connectivity index (χ4v) is 1.66. The van der Waals surface area contributed by atoms with E-state index in [2.05, 4.69) is 0 Å². The predicted molar refractivity (Wildman–Crippen MR) is 42.2 cm³/mol. The summed E-state index contributed by atoms with van der Waals surface area (Å²) < 4.78 is 0. The zero-order valence-electron chi connectivity index (χ0n) is 6.88. The van der Waals surface area contributed by atoms with Crippen molar-refractivity contribution in [2.75, 3.05) is 0 Å². The molecule has 0 aliphatic heterocycles. The molecule has 0 aromatic heterocycles. The quantitative estimate of drug-likeness (QED) is 0.424. The molecule has 2 aliphatic carbocycles. The number of carbonyl (C=O) groups excluding carboxylic acids is 2. The van der Waals surface area contributed by atoms with Crippen molar-refractivity contribution in [3.8, 4) is 0 Å². The second kappa shape index (κ2) is 3.65. The topological polar surface area (TPSA) is 34.1 Å². The molecule has 2 heteroatoms. The van der Waals surface area contributed by atoms with Gasteiger partial charge >= 0.3 is 0 Å². The molecule has 2 rings (SSSR count). The lowest BCUT2D eigenvalue weighted by Gasteiger charge is -1.80. The molecule has 0 aromatic carbocycles. The maximum Gasteiger partial charge on any atom is 0.192 e. The molecule has 2 fully saturated rings. The van der Waals surface area contributed by atoms with Gasteiger partial charge in [-0.25, -0.2) is 0 Å². The van der Waals surface area contributed by atoms with Gasteiger partial charge in [0.2, 0.25) is 0 Å². The van der Waals surface area contributed by atoms with Gasteiger partial charge in [0, 0.05) is 6.92 Å². The van der Waals surface area contributed by atoms with E-state index in [0.29, 0.717) is 0 Å². The van der Waals surface area contributed by atoms with E-state index >= 15 is 0 Å². The van der Waals surface area contributed by atoms with Crippen LogP contribution in [0.25, 0.3) is 0 Å². The Kier molecular flexibility index (Phi) is 2.80. The lowest BCUT2D eigenvalue weighted by molar-refractivity contribution is -0.128. The van der Waals surface area contributed by atoms with Gasteiger partial charge in [-0.3, -0.25) is 9.59 Å². The van der Waals surface area contributed by atoms with Gasteiger partial charge in [-0.2, -0.15) is 0 Å². The number of hydrogen-bond donors (Lipinski definition) is 0. The fourth-order valence-electron chi connectivity index (χ4n) is 1.66. The second-order valence-electron chi connectivity index (χ2n) is 3.42. The molecule has 0 spiro atoms. The molecule has 0 amide bonds. The first-order valence-corrected chi connectivity index (χ1v) is 4.19. The fraction of sp³-hybridized carbons (Fsp3) is 0.778. The van der Waals surface area contributed by atoms with E-state index in [9.17, 15) is 4.79 Å². The first-order chi connectivity index (χ1) is 5.24. The highest BCUT2D eigenvalue weighted by atomic mass is 16.2. The third kappa shape index (κ3) is 2.83. The van der Waals surface area contributed by atoms with Crippen LogP contribution in [-0.2, 0) is 9.59 Å². The zero-order chi connectivity index (χ0) is 8.27. The van der Waals surface area contributed by atoms with Crippen molar-refractivity contribution in [1.82, 2.24) is 0 Å². The summed E-state index contributed by atoms with van der Waals surface area (Å²) in [6, 6.07) is 0. The lowest BCUT2D eigenvalue weighted by atomic mass is 10.3. The minimum absolute atomic E-state index is 0.278. The van der Waals surface area contributed by atoms with Crippen LogP contribution in [0, 0.1) is 11.8 Å². The number of ketones is 1. The Morgan fingerprint density at radius 1 is 1.36 bits per heavy atom. The molecule has 0 saturated heterocycles. The Labute approximate surface area is 67.0 Å². The highest BCUT2D eigenvalue weighted by Gasteiger charge is 2.40. The summed E-state index contributed by atoms with van der Waals surface area (Å²) in [4.78, 5) is 18.6. The number of fused-ring (bicyclic) bond motifs is 1. The first kappa shape index (κ1) is 8.44. The van der Waals surface area contributed by atoms with Crippen LogP contribution in [0.3, 0.4) is 0 Å². The molecule has 2 aliphatic rings. The average molecular weight is 154 g/mol. The van der Waals surface area contributed by atoms with Gasteiger partial charge in [0.15, 0.2) is 12.1 Å². The van der Waals surface area contributed by atoms with Crippen LogP contribution < -0.4 is 0 Å². The van der Waals surface area contributed by atoms with Crippen molar-refractivity contribution in [2.45, 2.75) is 32.6 Å². The number of hydrogen-bond acceptors (Lipinski definition) is 2. The molecule has 0 heterocycles. The molecular formula is C9H14O2. The maximum absolute atomic E-state index is 9.44. The minimum atomic E-state index is -0.426. The highest BCUT2D eigenvalue weighted by molar-refractivity contribution is 6.23. The zero-order valence-corrected chi connectivity index (χ0v) is 6.88. The van der Waals surface area contributed by atoms with E-state index in [1.165, 1.54) is 25.2 Å². The summed E-state index contributed by atoms with van der Waals surface area (Å²) >= 11 is 0. The minimum Gasteiger partial charge on any atom is -0.295 e. The van der Waals surface area contributed by atoms with Gasteiger partial charge in [-0.1, -0.05) is 19.3 Å². The van der Waals surface area contributed by atoms with E-state index in [-0.39, 0.29) is 6.29 Å². The Morgan fingerprint density at radius 2 is 1.82 bits per heavy atom. The third-order valence-corrected chi connectivity index (χ3v) is 2.38. The summed E-state index contributed by atoms with van der Waals surface area (Å²) in [5.74, 6) is 2.00. The van der Waals surface area contributed by atoms with Gasteiger partial charge in [0.05, 0.1) is 0 Å². The van der Waals surface area contributed by atoms with Crippen LogP contribution in [-0.4, -0.2) is 12.1 Å². The largest absolute Gasteiger partial charge is 0.295 e. The molecule has 2 saturated carbocycles. The molecule has 62 valence electrons. The number of rotatable bonds is 1. The number of carbonyl (C=O) groups is 2. The monoisotopic (exact) mass is 154 g/mol. The molecule has 11 heavy (non-hydrogen) atoms. The number of aldehydes is 1. The number of Topliss-reactive ketones (excluding diaryl/α,β-unsaturated/α-hetero) is 1. The average Bonchev–Trinajstić information content (AvgIpc) is 2.61. The van der Waals surface area contributed by atoms with Crippen LogP contribution in [0.1, 0.15) is 32.6 Å². The van der Waals surface area contributed by atoms with E-state index in [1.807, 2.05) is 0 Å². The third-order valence-electron chi connectivity index (χ3n) is 2.38. The van der Waals surface area contributed by atoms with Gasteiger partial charge in [-0.05, 0) is 18.3 Å². The molecule has 0 N–H and O–H groups in total. The highest BCUT2D eigenvalue weighted by Crippen LogP contribution is 2.51. The van der Waals surface area contributed by atoms with Gasteiger partial charge in [-0.15, -0.1) is 0 Å². The van der Waals surface area contributed by atoms with E-state index in [1.54, 1.807) is 19.3 Å². The van der Waals surface area contributed by atoms with E-state index < -0.39 is 5.78 Å². The van der Waals surface area contributed by atoms with E-state index in [4.69, 9.17) is 4.79 Å². The first-order valence-electron chi connectivity index (χ1n) is 4.19. The normalized spacial score (nSPS) is 31.4. The smallest absolute Gasteiger partial charge is 0.192 e. The van der Waals surface area contributed by atoms with Gasteiger partial charge in [0.25, 0.3) is 0 Å². The molecule has 0 bridgehead atoms. The molecule has 2 unspecified atom stereocenters. The summed E-state index contributed by atoms with van der Waals surface area (Å²) in [7, 11) is 0. The summed E-state index contributed by atoms with van der Waals surface area (Å²) in [5, 5.41) is 0. The Bertz CT molecular complexity index is 155. The molecule has 0 aromatic rings. The van der Waals surface area contributed by atoms with Crippen molar-refractivity contribution >= 4 is 12.1 Å². The Balaban J connectivity index is 0.000000114. The van der Waals surface area contributed by atoms with Crippen LogP contribution >= 0.6 is 0 Å². The second-order valence-corrected chi connectivity index (χ2v) is 3.42. The van der Waals surface area contributed by atoms with Crippen molar-refractivity contribution < 1.29 is 9.59 Å². The molecular weight excluding hydrogens is 140 g/mol.